The van der Waals surface area contributed by atoms with E-state index in [-0.39, 0.29) is 12.3 Å². The fraction of sp³-hybridized carbons (Fsp3) is 0.429. The summed E-state index contributed by atoms with van der Waals surface area (Å²) in [4.78, 5) is 24.6. The average Bonchev–Trinajstić information content (AvgIpc) is 2.80. The van der Waals surface area contributed by atoms with E-state index in [2.05, 4.69) is 15.9 Å². The van der Waals surface area contributed by atoms with E-state index >= 15 is 0 Å². The lowest BCUT2D eigenvalue weighted by atomic mass is 10.1. The maximum absolute atomic E-state index is 12.1. The third kappa shape index (κ3) is 2.95. The Morgan fingerprint density at radius 1 is 1.40 bits per heavy atom. The smallest absolute Gasteiger partial charge is 0.306 e. The molecule has 1 heterocycles. The SMILES string of the molecule is COc1cc2c(cc1Br)CN(C(=O)C[C@H](C)C(=O)O)C2. The van der Waals surface area contributed by atoms with Gasteiger partial charge in [0.25, 0.3) is 0 Å². The van der Waals surface area contributed by atoms with Gasteiger partial charge in [-0.25, -0.2) is 0 Å². The van der Waals surface area contributed by atoms with Gasteiger partial charge in [-0.1, -0.05) is 6.92 Å². The maximum Gasteiger partial charge on any atom is 0.306 e. The monoisotopic (exact) mass is 341 g/mol. The summed E-state index contributed by atoms with van der Waals surface area (Å²) in [7, 11) is 1.60. The molecular formula is C14H16BrNO4. The number of halogens is 1. The van der Waals surface area contributed by atoms with E-state index < -0.39 is 11.9 Å². The maximum atomic E-state index is 12.1. The van der Waals surface area contributed by atoms with Crippen LogP contribution in [-0.2, 0) is 22.7 Å². The van der Waals surface area contributed by atoms with Gasteiger partial charge in [-0.2, -0.15) is 0 Å². The van der Waals surface area contributed by atoms with E-state index in [1.807, 2.05) is 12.1 Å². The van der Waals surface area contributed by atoms with E-state index in [4.69, 9.17) is 9.84 Å². The number of fused-ring (bicyclic) bond motifs is 1. The first-order valence-electron chi connectivity index (χ1n) is 6.28. The first kappa shape index (κ1) is 14.8. The van der Waals surface area contributed by atoms with Crippen LogP contribution in [0, 0.1) is 5.92 Å². The molecule has 1 N–H and O–H groups in total. The standard InChI is InChI=1S/C14H16BrNO4/c1-8(14(18)19)3-13(17)16-6-9-4-11(15)12(20-2)5-10(9)7-16/h4-5,8H,3,6-7H2,1-2H3,(H,18,19)/t8-/m0/s1. The highest BCUT2D eigenvalue weighted by Gasteiger charge is 2.27. The van der Waals surface area contributed by atoms with Crippen molar-refractivity contribution in [1.29, 1.82) is 0 Å². The number of carboxylic acids is 1. The molecule has 108 valence electrons. The van der Waals surface area contributed by atoms with Crippen molar-refractivity contribution in [3.8, 4) is 5.75 Å². The highest BCUT2D eigenvalue weighted by atomic mass is 79.9. The molecule has 2 rings (SSSR count). The lowest BCUT2D eigenvalue weighted by Gasteiger charge is -2.16. The van der Waals surface area contributed by atoms with Gasteiger partial charge in [0, 0.05) is 19.5 Å². The molecule has 0 spiro atoms. The minimum absolute atomic E-state index is 0.0294. The number of rotatable bonds is 4. The molecule has 6 heteroatoms. The van der Waals surface area contributed by atoms with Gasteiger partial charge >= 0.3 is 5.97 Å². The second-order valence-corrected chi connectivity index (χ2v) is 5.80. The summed E-state index contributed by atoms with van der Waals surface area (Å²) in [5.41, 5.74) is 2.11. The molecule has 1 aliphatic rings. The van der Waals surface area contributed by atoms with Gasteiger partial charge in [0.05, 0.1) is 17.5 Å². The molecule has 1 amide bonds. The van der Waals surface area contributed by atoms with Crippen molar-refractivity contribution in [2.75, 3.05) is 7.11 Å². The Kier molecular flexibility index (Phi) is 4.32. The first-order chi connectivity index (χ1) is 9.42. The van der Waals surface area contributed by atoms with E-state index in [0.29, 0.717) is 13.1 Å². The molecule has 0 aromatic heterocycles. The van der Waals surface area contributed by atoms with Gasteiger partial charge in [0.15, 0.2) is 0 Å². The van der Waals surface area contributed by atoms with Crippen LogP contribution >= 0.6 is 15.9 Å². The second-order valence-electron chi connectivity index (χ2n) is 4.95. The van der Waals surface area contributed by atoms with E-state index in [0.717, 1.165) is 21.3 Å². The van der Waals surface area contributed by atoms with Crippen LogP contribution in [0.3, 0.4) is 0 Å². The van der Waals surface area contributed by atoms with Crippen LogP contribution in [0.25, 0.3) is 0 Å². The minimum Gasteiger partial charge on any atom is -0.496 e. The van der Waals surface area contributed by atoms with Crippen molar-refractivity contribution in [1.82, 2.24) is 4.90 Å². The van der Waals surface area contributed by atoms with Crippen LogP contribution in [0.2, 0.25) is 0 Å². The van der Waals surface area contributed by atoms with E-state index in [9.17, 15) is 9.59 Å². The predicted octanol–water partition coefficient (Wildman–Crippen LogP) is 2.41. The van der Waals surface area contributed by atoms with Gasteiger partial charge in [0.1, 0.15) is 5.75 Å². The third-order valence-electron chi connectivity index (χ3n) is 3.45. The quantitative estimate of drug-likeness (QED) is 0.913. The number of aliphatic carboxylic acids is 1. The van der Waals surface area contributed by atoms with Crippen LogP contribution < -0.4 is 4.74 Å². The molecule has 0 aliphatic carbocycles. The number of nitrogens with zero attached hydrogens (tertiary/aromatic N) is 1. The topological polar surface area (TPSA) is 66.8 Å². The number of methoxy groups -OCH3 is 1. The summed E-state index contributed by atoms with van der Waals surface area (Å²) in [5, 5.41) is 8.86. The number of benzene rings is 1. The molecule has 20 heavy (non-hydrogen) atoms. The average molecular weight is 342 g/mol. The van der Waals surface area contributed by atoms with Crippen molar-refractivity contribution in [3.63, 3.8) is 0 Å². The van der Waals surface area contributed by atoms with Gasteiger partial charge in [-0.3, -0.25) is 9.59 Å². The zero-order chi connectivity index (χ0) is 14.9. The largest absolute Gasteiger partial charge is 0.496 e. The Labute approximate surface area is 125 Å². The fourth-order valence-electron chi connectivity index (χ4n) is 2.21. The number of hydrogen-bond donors (Lipinski definition) is 1. The molecule has 0 bridgehead atoms. The van der Waals surface area contributed by atoms with Crippen LogP contribution in [0.1, 0.15) is 24.5 Å². The van der Waals surface area contributed by atoms with Crippen LogP contribution in [0.4, 0.5) is 0 Å². The van der Waals surface area contributed by atoms with Crippen molar-refractivity contribution in [2.45, 2.75) is 26.4 Å². The summed E-state index contributed by atoms with van der Waals surface area (Å²) in [6.45, 7) is 2.57. The Morgan fingerprint density at radius 3 is 2.55 bits per heavy atom. The van der Waals surface area contributed by atoms with Crippen molar-refractivity contribution < 1.29 is 19.4 Å². The number of hydrogen-bond acceptors (Lipinski definition) is 3. The summed E-state index contributed by atoms with van der Waals surface area (Å²) in [6.07, 6.45) is 0.0294. The number of ether oxygens (including phenoxy) is 1. The van der Waals surface area contributed by atoms with E-state index in [1.54, 1.807) is 18.9 Å². The highest BCUT2D eigenvalue weighted by molar-refractivity contribution is 9.10. The Bertz CT molecular complexity index is 558. The number of carbonyl (C=O) groups is 2. The van der Waals surface area contributed by atoms with Crippen LogP contribution in [0.5, 0.6) is 5.75 Å². The molecule has 0 saturated heterocycles. The Morgan fingerprint density at radius 2 is 2.00 bits per heavy atom. The molecule has 0 saturated carbocycles. The molecule has 1 aromatic rings. The molecule has 0 radical (unpaired) electrons. The van der Waals surface area contributed by atoms with Gasteiger partial charge in [-0.05, 0) is 39.2 Å². The van der Waals surface area contributed by atoms with Crippen molar-refractivity contribution >= 4 is 27.8 Å². The second kappa shape index (κ2) is 5.83. The molecule has 1 aromatic carbocycles. The highest BCUT2D eigenvalue weighted by Crippen LogP contribution is 2.33. The summed E-state index contributed by atoms with van der Waals surface area (Å²) in [6, 6.07) is 3.86. The minimum atomic E-state index is -0.945. The first-order valence-corrected chi connectivity index (χ1v) is 7.07. The van der Waals surface area contributed by atoms with Crippen LogP contribution in [0.15, 0.2) is 16.6 Å². The summed E-state index contributed by atoms with van der Waals surface area (Å²) < 4.78 is 6.09. The van der Waals surface area contributed by atoms with Gasteiger partial charge in [0.2, 0.25) is 5.91 Å². The molecule has 0 unspecified atom stereocenters. The molecular weight excluding hydrogens is 326 g/mol. The van der Waals surface area contributed by atoms with Gasteiger partial charge < -0.3 is 14.7 Å². The number of amides is 1. The van der Waals surface area contributed by atoms with Crippen molar-refractivity contribution in [3.05, 3.63) is 27.7 Å². The number of carboxylic acid groups (broad SMARTS) is 1. The molecule has 1 atom stereocenters. The predicted molar refractivity (Wildman–Crippen MR) is 76.4 cm³/mol. The summed E-state index contributed by atoms with van der Waals surface area (Å²) in [5.74, 6) is -1.00. The Hall–Kier alpha value is -1.56. The third-order valence-corrected chi connectivity index (χ3v) is 4.07. The zero-order valence-corrected chi connectivity index (χ0v) is 12.9. The van der Waals surface area contributed by atoms with Gasteiger partial charge in [-0.15, -0.1) is 0 Å². The number of carbonyl (C=O) groups excluding carboxylic acids is 1. The molecule has 1 aliphatic heterocycles. The molecule has 5 nitrogen and oxygen atoms in total. The zero-order valence-electron chi connectivity index (χ0n) is 11.4. The normalized spacial score (nSPS) is 14.8. The summed E-state index contributed by atoms with van der Waals surface area (Å²) >= 11 is 3.42. The van der Waals surface area contributed by atoms with E-state index in [1.165, 1.54) is 0 Å². The Balaban J connectivity index is 2.09. The lowest BCUT2D eigenvalue weighted by Crippen LogP contribution is -2.28. The fourth-order valence-corrected chi connectivity index (χ4v) is 2.76. The van der Waals surface area contributed by atoms with Crippen LogP contribution in [-0.4, -0.2) is 29.0 Å². The van der Waals surface area contributed by atoms with Crippen molar-refractivity contribution in [2.24, 2.45) is 5.92 Å². The lowest BCUT2D eigenvalue weighted by molar-refractivity contribution is -0.145. The molecule has 0 fully saturated rings.